The predicted octanol–water partition coefficient (Wildman–Crippen LogP) is 1.73. The molecule has 0 fully saturated rings. The van der Waals surface area contributed by atoms with Crippen molar-refractivity contribution >= 4 is 21.4 Å². The minimum absolute atomic E-state index is 0.210. The van der Waals surface area contributed by atoms with Crippen molar-refractivity contribution < 1.29 is 8.42 Å². The van der Waals surface area contributed by atoms with Crippen molar-refractivity contribution in [2.24, 2.45) is 0 Å². The molecule has 2 rings (SSSR count). The highest BCUT2D eigenvalue weighted by Crippen LogP contribution is 2.15. The van der Waals surface area contributed by atoms with Gasteiger partial charge >= 0.3 is 0 Å². The van der Waals surface area contributed by atoms with Gasteiger partial charge in [0.2, 0.25) is 10.0 Å². The number of nitrogens with zero attached hydrogens (tertiary/aromatic N) is 1. The quantitative estimate of drug-likeness (QED) is 0.817. The van der Waals surface area contributed by atoms with E-state index in [1.54, 1.807) is 17.6 Å². The molecule has 2 N–H and O–H groups in total. The van der Waals surface area contributed by atoms with Crippen LogP contribution in [0, 0.1) is 0 Å². The van der Waals surface area contributed by atoms with Gasteiger partial charge in [-0.05, 0) is 18.2 Å². The summed E-state index contributed by atoms with van der Waals surface area (Å²) in [7, 11) is -3.52. The summed E-state index contributed by atoms with van der Waals surface area (Å²) in [5.74, 6) is 0. The van der Waals surface area contributed by atoms with E-state index in [4.69, 9.17) is 0 Å². The maximum absolute atomic E-state index is 12.3. The minimum Gasteiger partial charge on any atom is -0.313 e. The van der Waals surface area contributed by atoms with Gasteiger partial charge in [0.25, 0.3) is 0 Å². The van der Waals surface area contributed by atoms with Crippen LogP contribution < -0.4 is 10.0 Å². The first-order valence-electron chi connectivity index (χ1n) is 6.29. The van der Waals surface area contributed by atoms with E-state index in [0.29, 0.717) is 11.4 Å². The fraction of sp³-hybridized carbons (Fsp3) is 0.308. The molecule has 7 heteroatoms. The molecular weight excluding hydrogens is 294 g/mol. The van der Waals surface area contributed by atoms with Gasteiger partial charge in [0, 0.05) is 11.9 Å². The largest absolute Gasteiger partial charge is 0.313 e. The van der Waals surface area contributed by atoms with Crippen LogP contribution in [0.15, 0.2) is 40.1 Å². The molecule has 0 amide bonds. The first-order valence-corrected chi connectivity index (χ1v) is 8.71. The lowest BCUT2D eigenvalue weighted by Gasteiger charge is -2.11. The molecule has 0 saturated heterocycles. The molecule has 0 spiro atoms. The molecule has 0 aliphatic rings. The summed E-state index contributed by atoms with van der Waals surface area (Å²) in [5, 5.41) is 4.97. The van der Waals surface area contributed by atoms with E-state index in [9.17, 15) is 8.42 Å². The zero-order chi connectivity index (χ0) is 14.4. The van der Waals surface area contributed by atoms with Crippen molar-refractivity contribution in [3.8, 4) is 0 Å². The molecule has 2 aromatic rings. The van der Waals surface area contributed by atoms with E-state index in [1.165, 1.54) is 11.3 Å². The van der Waals surface area contributed by atoms with Crippen LogP contribution in [-0.2, 0) is 23.1 Å². The molecule has 0 aliphatic heterocycles. The van der Waals surface area contributed by atoms with Crippen molar-refractivity contribution in [1.29, 1.82) is 0 Å². The third kappa shape index (κ3) is 3.86. The van der Waals surface area contributed by atoms with Gasteiger partial charge in [-0.3, -0.25) is 0 Å². The molecule has 0 atom stereocenters. The number of benzene rings is 1. The number of rotatable bonds is 7. The predicted molar refractivity (Wildman–Crippen MR) is 80.0 cm³/mol. The van der Waals surface area contributed by atoms with E-state index in [-0.39, 0.29) is 6.54 Å². The zero-order valence-corrected chi connectivity index (χ0v) is 12.8. The van der Waals surface area contributed by atoms with Gasteiger partial charge in [-0.1, -0.05) is 25.1 Å². The Hall–Kier alpha value is -1.28. The zero-order valence-electron chi connectivity index (χ0n) is 11.2. The SMILES string of the molecule is CCNCc1ccccc1S(=O)(=O)NCc1cscn1. The van der Waals surface area contributed by atoms with Crippen molar-refractivity contribution in [2.75, 3.05) is 6.54 Å². The third-order valence-corrected chi connectivity index (χ3v) is 4.89. The molecule has 108 valence electrons. The summed E-state index contributed by atoms with van der Waals surface area (Å²) < 4.78 is 27.3. The van der Waals surface area contributed by atoms with Gasteiger partial charge in [0.05, 0.1) is 22.6 Å². The number of thiazole rings is 1. The minimum atomic E-state index is -3.52. The van der Waals surface area contributed by atoms with Gasteiger partial charge in [-0.15, -0.1) is 11.3 Å². The summed E-state index contributed by atoms with van der Waals surface area (Å²) >= 11 is 1.44. The van der Waals surface area contributed by atoms with Crippen LogP contribution in [0.1, 0.15) is 18.2 Å². The summed E-state index contributed by atoms with van der Waals surface area (Å²) in [4.78, 5) is 4.38. The van der Waals surface area contributed by atoms with Crippen LogP contribution in [0.3, 0.4) is 0 Å². The molecule has 0 bridgehead atoms. The summed E-state index contributed by atoms with van der Waals surface area (Å²) in [6.07, 6.45) is 0. The molecule has 0 saturated carbocycles. The monoisotopic (exact) mass is 311 g/mol. The number of hydrogen-bond donors (Lipinski definition) is 2. The normalized spacial score (nSPS) is 11.7. The number of aromatic nitrogens is 1. The lowest BCUT2D eigenvalue weighted by Crippen LogP contribution is -2.25. The summed E-state index contributed by atoms with van der Waals surface area (Å²) in [6.45, 7) is 3.52. The first-order chi connectivity index (χ1) is 9.63. The Morgan fingerprint density at radius 3 is 2.75 bits per heavy atom. The summed E-state index contributed by atoms with van der Waals surface area (Å²) in [6, 6.07) is 7.01. The Bertz CT molecular complexity index is 639. The second kappa shape index (κ2) is 6.94. The fourth-order valence-corrected chi connectivity index (χ4v) is 3.54. The summed E-state index contributed by atoms with van der Waals surface area (Å²) in [5.41, 5.74) is 3.17. The Balaban J connectivity index is 2.16. The van der Waals surface area contributed by atoms with Crippen molar-refractivity contribution in [3.05, 3.63) is 46.4 Å². The molecule has 0 aliphatic carbocycles. The first kappa shape index (κ1) is 15.1. The van der Waals surface area contributed by atoms with Crippen molar-refractivity contribution in [1.82, 2.24) is 15.0 Å². The number of nitrogens with one attached hydrogen (secondary N) is 2. The highest BCUT2D eigenvalue weighted by Gasteiger charge is 2.17. The van der Waals surface area contributed by atoms with Gasteiger partial charge in [0.1, 0.15) is 0 Å². The van der Waals surface area contributed by atoms with Crippen LogP contribution in [-0.4, -0.2) is 19.9 Å². The Labute approximate surface area is 123 Å². The maximum atomic E-state index is 12.3. The third-order valence-electron chi connectivity index (χ3n) is 2.75. The fourth-order valence-electron chi connectivity index (χ4n) is 1.74. The van der Waals surface area contributed by atoms with Crippen LogP contribution in [0.5, 0.6) is 0 Å². The Morgan fingerprint density at radius 2 is 2.05 bits per heavy atom. The van der Waals surface area contributed by atoms with Crippen LogP contribution in [0.2, 0.25) is 0 Å². The molecule has 1 aromatic carbocycles. The van der Waals surface area contributed by atoms with Gasteiger partial charge < -0.3 is 5.32 Å². The van der Waals surface area contributed by atoms with Crippen LogP contribution in [0.4, 0.5) is 0 Å². The Kier molecular flexibility index (Phi) is 5.24. The number of sulfonamides is 1. The molecule has 20 heavy (non-hydrogen) atoms. The van der Waals surface area contributed by atoms with Crippen molar-refractivity contribution in [3.63, 3.8) is 0 Å². The van der Waals surface area contributed by atoms with E-state index >= 15 is 0 Å². The van der Waals surface area contributed by atoms with Crippen molar-refractivity contribution in [2.45, 2.75) is 24.9 Å². The maximum Gasteiger partial charge on any atom is 0.241 e. The van der Waals surface area contributed by atoms with Gasteiger partial charge in [-0.25, -0.2) is 18.1 Å². The molecule has 0 unspecified atom stereocenters. The average Bonchev–Trinajstić information content (AvgIpc) is 2.97. The topological polar surface area (TPSA) is 71.1 Å². The second-order valence-electron chi connectivity index (χ2n) is 4.19. The molecule has 1 heterocycles. The van der Waals surface area contributed by atoms with Crippen LogP contribution in [0.25, 0.3) is 0 Å². The van der Waals surface area contributed by atoms with E-state index < -0.39 is 10.0 Å². The highest BCUT2D eigenvalue weighted by atomic mass is 32.2. The van der Waals surface area contributed by atoms with Gasteiger partial charge in [0.15, 0.2) is 0 Å². The van der Waals surface area contributed by atoms with Gasteiger partial charge in [-0.2, -0.15) is 0 Å². The highest BCUT2D eigenvalue weighted by molar-refractivity contribution is 7.89. The lowest BCUT2D eigenvalue weighted by atomic mass is 10.2. The molecule has 5 nitrogen and oxygen atoms in total. The van der Waals surface area contributed by atoms with E-state index in [1.807, 2.05) is 24.4 Å². The lowest BCUT2D eigenvalue weighted by molar-refractivity contribution is 0.578. The van der Waals surface area contributed by atoms with E-state index in [0.717, 1.165) is 17.8 Å². The smallest absolute Gasteiger partial charge is 0.241 e. The molecule has 0 radical (unpaired) electrons. The molecular formula is C13H17N3O2S2. The van der Waals surface area contributed by atoms with E-state index in [2.05, 4.69) is 15.0 Å². The average molecular weight is 311 g/mol. The Morgan fingerprint density at radius 1 is 1.25 bits per heavy atom. The number of hydrogen-bond acceptors (Lipinski definition) is 5. The van der Waals surface area contributed by atoms with Crippen LogP contribution >= 0.6 is 11.3 Å². The second-order valence-corrected chi connectivity index (χ2v) is 6.65. The molecule has 1 aromatic heterocycles. The standard InChI is InChI=1S/C13H17N3O2S2/c1-2-14-7-11-5-3-4-6-13(11)20(17,18)16-8-12-9-19-10-15-12/h3-6,9-10,14,16H,2,7-8H2,1H3.